The number of nitrogens with one attached hydrogen (secondary N) is 3. The van der Waals surface area contributed by atoms with Crippen molar-refractivity contribution < 1.29 is 19.1 Å². The number of para-hydroxylation sites is 1. The third-order valence-corrected chi connectivity index (χ3v) is 4.95. The van der Waals surface area contributed by atoms with Gasteiger partial charge in [-0.25, -0.2) is 0 Å². The molecule has 0 fully saturated rings. The fourth-order valence-electron chi connectivity index (χ4n) is 2.96. The van der Waals surface area contributed by atoms with Gasteiger partial charge in [0.15, 0.2) is 5.11 Å². The van der Waals surface area contributed by atoms with Gasteiger partial charge in [0, 0.05) is 5.56 Å². The Morgan fingerprint density at radius 1 is 0.853 bits per heavy atom. The summed E-state index contributed by atoms with van der Waals surface area (Å²) >= 11 is 5.14. The SMILES string of the molecule is CCCCOc1cccc(C(=O)NC(=S)NNC(=O)c2ccccc2OCc2ccccc2)c1. The van der Waals surface area contributed by atoms with E-state index < -0.39 is 11.8 Å². The van der Waals surface area contributed by atoms with Crippen molar-refractivity contribution in [1.29, 1.82) is 0 Å². The van der Waals surface area contributed by atoms with Crippen LogP contribution in [-0.2, 0) is 6.61 Å². The summed E-state index contributed by atoms with van der Waals surface area (Å²) in [6, 6.07) is 23.4. The lowest BCUT2D eigenvalue weighted by molar-refractivity contribution is 0.0930. The van der Waals surface area contributed by atoms with Crippen molar-refractivity contribution in [2.45, 2.75) is 26.4 Å². The highest BCUT2D eigenvalue weighted by Crippen LogP contribution is 2.19. The topological polar surface area (TPSA) is 88.7 Å². The molecule has 3 N–H and O–H groups in total. The van der Waals surface area contributed by atoms with Crippen molar-refractivity contribution in [2.75, 3.05) is 6.61 Å². The number of carbonyl (C=O) groups excluding carboxylic acids is 2. The van der Waals surface area contributed by atoms with Crippen molar-refractivity contribution in [3.63, 3.8) is 0 Å². The molecule has 176 valence electrons. The van der Waals surface area contributed by atoms with Crippen LogP contribution >= 0.6 is 12.2 Å². The molecule has 0 radical (unpaired) electrons. The van der Waals surface area contributed by atoms with Crippen LogP contribution in [0.25, 0.3) is 0 Å². The van der Waals surface area contributed by atoms with Crippen LogP contribution in [0, 0.1) is 0 Å². The van der Waals surface area contributed by atoms with E-state index in [4.69, 9.17) is 21.7 Å². The zero-order valence-electron chi connectivity index (χ0n) is 18.9. The molecule has 7 nitrogen and oxygen atoms in total. The Hall–Kier alpha value is -3.91. The number of ether oxygens (including phenoxy) is 2. The van der Waals surface area contributed by atoms with E-state index in [1.165, 1.54) is 0 Å². The standard InChI is InChI=1S/C26H27N3O4S/c1-2-3-16-32-21-13-9-12-20(17-21)24(30)27-26(34)29-28-25(31)22-14-7-8-15-23(22)33-18-19-10-5-4-6-11-19/h4-15,17H,2-3,16,18H2,1H3,(H,28,31)(H2,27,29,30,34). The van der Waals surface area contributed by atoms with Crippen molar-refractivity contribution in [3.8, 4) is 11.5 Å². The van der Waals surface area contributed by atoms with Gasteiger partial charge in [-0.2, -0.15) is 0 Å². The van der Waals surface area contributed by atoms with Crippen molar-refractivity contribution >= 4 is 29.1 Å². The van der Waals surface area contributed by atoms with Crippen molar-refractivity contribution in [3.05, 3.63) is 95.6 Å². The molecule has 0 atom stereocenters. The Morgan fingerprint density at radius 2 is 1.62 bits per heavy atom. The molecule has 0 aromatic heterocycles. The molecule has 0 aliphatic heterocycles. The molecule has 0 saturated heterocycles. The third-order valence-electron chi connectivity index (χ3n) is 4.75. The highest BCUT2D eigenvalue weighted by atomic mass is 32.1. The highest BCUT2D eigenvalue weighted by molar-refractivity contribution is 7.80. The van der Waals surface area contributed by atoms with E-state index in [9.17, 15) is 9.59 Å². The Labute approximate surface area is 204 Å². The first kappa shape index (κ1) is 24.7. The number of unbranched alkanes of at least 4 members (excludes halogenated alkanes) is 1. The summed E-state index contributed by atoms with van der Waals surface area (Å²) in [6.07, 6.45) is 1.96. The summed E-state index contributed by atoms with van der Waals surface area (Å²) in [6.45, 7) is 2.99. The first-order valence-electron chi connectivity index (χ1n) is 11.0. The maximum atomic E-state index is 12.7. The molecule has 0 aliphatic carbocycles. The lowest BCUT2D eigenvalue weighted by Crippen LogP contribution is -2.48. The molecule has 0 bridgehead atoms. The van der Waals surface area contributed by atoms with E-state index in [1.807, 2.05) is 30.3 Å². The number of amides is 2. The van der Waals surface area contributed by atoms with Gasteiger partial charge in [0.05, 0.1) is 12.2 Å². The Bertz CT molecular complexity index is 1120. The highest BCUT2D eigenvalue weighted by Gasteiger charge is 2.14. The van der Waals surface area contributed by atoms with Gasteiger partial charge in [-0.3, -0.25) is 25.8 Å². The maximum absolute atomic E-state index is 12.7. The minimum atomic E-state index is -0.452. The lowest BCUT2D eigenvalue weighted by atomic mass is 10.2. The Balaban J connectivity index is 1.52. The van der Waals surface area contributed by atoms with Crippen LogP contribution in [0.5, 0.6) is 11.5 Å². The molecule has 34 heavy (non-hydrogen) atoms. The van der Waals surface area contributed by atoms with Crippen LogP contribution in [-0.4, -0.2) is 23.5 Å². The summed E-state index contributed by atoms with van der Waals surface area (Å²) in [4.78, 5) is 25.2. The molecule has 3 rings (SSSR count). The zero-order chi connectivity index (χ0) is 24.2. The molecular weight excluding hydrogens is 450 g/mol. The summed E-state index contributed by atoms with van der Waals surface area (Å²) in [5.74, 6) is 0.173. The quantitative estimate of drug-likeness (QED) is 0.241. The van der Waals surface area contributed by atoms with Gasteiger partial charge >= 0.3 is 0 Å². The molecule has 0 spiro atoms. The molecule has 0 aliphatic rings. The monoisotopic (exact) mass is 477 g/mol. The largest absolute Gasteiger partial charge is 0.494 e. The summed E-state index contributed by atoms with van der Waals surface area (Å²) in [5, 5.41) is 2.50. The van der Waals surface area contributed by atoms with E-state index >= 15 is 0 Å². The minimum Gasteiger partial charge on any atom is -0.494 e. The molecule has 0 saturated carbocycles. The number of rotatable bonds is 9. The molecule has 0 heterocycles. The molecule has 3 aromatic carbocycles. The zero-order valence-corrected chi connectivity index (χ0v) is 19.7. The maximum Gasteiger partial charge on any atom is 0.273 e. The normalized spacial score (nSPS) is 10.1. The number of hydrogen-bond donors (Lipinski definition) is 3. The minimum absolute atomic E-state index is 0.0432. The smallest absolute Gasteiger partial charge is 0.273 e. The van der Waals surface area contributed by atoms with E-state index in [1.54, 1.807) is 48.5 Å². The fraction of sp³-hybridized carbons (Fsp3) is 0.192. The average Bonchev–Trinajstić information content (AvgIpc) is 2.87. The number of thiocarbonyl (C=S) groups is 1. The molecule has 3 aromatic rings. The first-order chi connectivity index (χ1) is 16.6. The second-order valence-electron chi connectivity index (χ2n) is 7.36. The van der Waals surface area contributed by atoms with E-state index in [0.717, 1.165) is 18.4 Å². The molecule has 2 amide bonds. The molecular formula is C26H27N3O4S. The van der Waals surface area contributed by atoms with Gasteiger partial charge in [0.1, 0.15) is 18.1 Å². The van der Waals surface area contributed by atoms with Crippen LogP contribution in [0.2, 0.25) is 0 Å². The molecule has 8 heteroatoms. The predicted octanol–water partition coefficient (Wildman–Crippen LogP) is 4.39. The van der Waals surface area contributed by atoms with Gasteiger partial charge in [0.2, 0.25) is 0 Å². The first-order valence-corrected chi connectivity index (χ1v) is 11.4. The Kier molecular flexibility index (Phi) is 9.42. The van der Waals surface area contributed by atoms with Crippen LogP contribution < -0.4 is 25.6 Å². The summed E-state index contributed by atoms with van der Waals surface area (Å²) < 4.78 is 11.4. The van der Waals surface area contributed by atoms with Gasteiger partial charge < -0.3 is 9.47 Å². The van der Waals surface area contributed by atoms with Crippen LogP contribution in [0.3, 0.4) is 0 Å². The van der Waals surface area contributed by atoms with Gasteiger partial charge in [-0.05, 0) is 54.5 Å². The lowest BCUT2D eigenvalue weighted by Gasteiger charge is -2.14. The predicted molar refractivity (Wildman–Crippen MR) is 135 cm³/mol. The van der Waals surface area contributed by atoms with E-state index in [0.29, 0.717) is 35.8 Å². The van der Waals surface area contributed by atoms with Gasteiger partial charge in [0.25, 0.3) is 11.8 Å². The number of hydrogen-bond acceptors (Lipinski definition) is 5. The van der Waals surface area contributed by atoms with Crippen molar-refractivity contribution in [2.24, 2.45) is 0 Å². The number of carbonyl (C=O) groups is 2. The van der Waals surface area contributed by atoms with E-state index in [2.05, 4.69) is 23.1 Å². The average molecular weight is 478 g/mol. The van der Waals surface area contributed by atoms with Crippen LogP contribution in [0.1, 0.15) is 46.0 Å². The van der Waals surface area contributed by atoms with Crippen LogP contribution in [0.4, 0.5) is 0 Å². The van der Waals surface area contributed by atoms with Crippen LogP contribution in [0.15, 0.2) is 78.9 Å². The Morgan fingerprint density at radius 3 is 2.41 bits per heavy atom. The molecule has 0 unspecified atom stereocenters. The summed E-state index contributed by atoms with van der Waals surface area (Å²) in [7, 11) is 0. The van der Waals surface area contributed by atoms with Gasteiger partial charge in [-0.1, -0.05) is 61.9 Å². The third kappa shape index (κ3) is 7.60. The van der Waals surface area contributed by atoms with Gasteiger partial charge in [-0.15, -0.1) is 0 Å². The van der Waals surface area contributed by atoms with Crippen molar-refractivity contribution in [1.82, 2.24) is 16.2 Å². The van der Waals surface area contributed by atoms with E-state index in [-0.39, 0.29) is 5.11 Å². The number of hydrazine groups is 1. The second kappa shape index (κ2) is 13.0. The second-order valence-corrected chi connectivity index (χ2v) is 7.77. The fourth-order valence-corrected chi connectivity index (χ4v) is 3.11. The summed E-state index contributed by atoms with van der Waals surface area (Å²) in [5.41, 5.74) is 6.75. The number of benzene rings is 3.